The summed E-state index contributed by atoms with van der Waals surface area (Å²) in [6.07, 6.45) is 13.7. The van der Waals surface area contributed by atoms with Crippen LogP contribution in [0.4, 0.5) is 0 Å². The second-order valence-corrected chi connectivity index (χ2v) is 13.1. The fourth-order valence-electron chi connectivity index (χ4n) is 9.75. The van der Waals surface area contributed by atoms with Crippen LogP contribution >= 0.6 is 0 Å². The fourth-order valence-corrected chi connectivity index (χ4v) is 9.75. The molecule has 0 amide bonds. The summed E-state index contributed by atoms with van der Waals surface area (Å²) >= 11 is 0. The van der Waals surface area contributed by atoms with Gasteiger partial charge in [-0.3, -0.25) is 9.48 Å². The van der Waals surface area contributed by atoms with Crippen LogP contribution in [0.1, 0.15) is 97.5 Å². The van der Waals surface area contributed by atoms with Gasteiger partial charge in [0.25, 0.3) is 0 Å². The Hall–Kier alpha value is -1.67. The van der Waals surface area contributed by atoms with Gasteiger partial charge in [-0.15, -0.1) is 0 Å². The van der Waals surface area contributed by atoms with Crippen LogP contribution in [0, 0.1) is 57.7 Å². The second-order valence-electron chi connectivity index (χ2n) is 13.1. The van der Waals surface area contributed by atoms with Crippen molar-refractivity contribution in [2.75, 3.05) is 0 Å². The fraction of sp³-hybridized carbons (Fsp3) is 0.828. The third-order valence-electron chi connectivity index (χ3n) is 11.2. The molecule has 0 bridgehead atoms. The molecule has 5 rings (SSSR count). The molecule has 0 aliphatic heterocycles. The number of Topliss-reactive ketones (excluding diaryl/α,β-unsaturated/α-hetero) is 1. The Morgan fingerprint density at radius 1 is 1.24 bits per heavy atom. The molecule has 5 nitrogen and oxygen atoms in total. The molecule has 0 saturated heterocycles. The summed E-state index contributed by atoms with van der Waals surface area (Å²) in [5, 5.41) is 24.7. The highest BCUT2D eigenvalue weighted by Gasteiger charge is 2.64. The molecule has 1 heterocycles. The van der Waals surface area contributed by atoms with E-state index >= 15 is 0 Å². The van der Waals surface area contributed by atoms with Crippen LogP contribution in [0.5, 0.6) is 0 Å². The van der Waals surface area contributed by atoms with Crippen LogP contribution in [0.25, 0.3) is 0 Å². The van der Waals surface area contributed by atoms with E-state index < -0.39 is 5.60 Å². The van der Waals surface area contributed by atoms with Gasteiger partial charge in [0.05, 0.1) is 17.4 Å². The van der Waals surface area contributed by atoms with Crippen LogP contribution in [-0.4, -0.2) is 26.3 Å². The summed E-state index contributed by atoms with van der Waals surface area (Å²) in [6.45, 7) is 10.1. The first-order valence-electron chi connectivity index (χ1n) is 13.8. The zero-order valence-electron chi connectivity index (χ0n) is 21.6. The van der Waals surface area contributed by atoms with Gasteiger partial charge >= 0.3 is 0 Å². The second kappa shape index (κ2) is 8.47. The third-order valence-corrected chi connectivity index (χ3v) is 11.2. The van der Waals surface area contributed by atoms with E-state index in [-0.39, 0.29) is 16.7 Å². The SMILES string of the molecule is CCC[C@@]1(O)CC[C@@]2(C)[C@H](CC[C@H]3[C@@H]4CC[C@H]([C@H](C)Cn5cc(C#N)cn5)[C@@]4(C)CC(=O)[C@@H]32)C1. The number of nitrogens with zero attached hydrogens (tertiary/aromatic N) is 3. The van der Waals surface area contributed by atoms with Gasteiger partial charge in [-0.1, -0.05) is 34.1 Å². The highest BCUT2D eigenvalue weighted by molar-refractivity contribution is 5.84. The largest absolute Gasteiger partial charge is 0.390 e. The van der Waals surface area contributed by atoms with E-state index in [9.17, 15) is 9.90 Å². The zero-order valence-corrected chi connectivity index (χ0v) is 21.6. The van der Waals surface area contributed by atoms with E-state index in [1.54, 1.807) is 6.20 Å². The van der Waals surface area contributed by atoms with Crippen molar-refractivity contribution in [1.82, 2.24) is 9.78 Å². The number of hydrogen-bond acceptors (Lipinski definition) is 4. The number of fused-ring (bicyclic) bond motifs is 5. The zero-order chi connectivity index (χ0) is 24.3. The van der Waals surface area contributed by atoms with Gasteiger partial charge in [-0.2, -0.15) is 10.4 Å². The number of hydrogen-bond donors (Lipinski definition) is 1. The predicted octanol–water partition coefficient (Wildman–Crippen LogP) is 5.76. The quantitative estimate of drug-likeness (QED) is 0.599. The van der Waals surface area contributed by atoms with Crippen molar-refractivity contribution in [3.63, 3.8) is 0 Å². The first-order valence-corrected chi connectivity index (χ1v) is 13.8. The number of carbonyl (C=O) groups excluding carboxylic acids is 1. The third kappa shape index (κ3) is 3.67. The molecule has 4 saturated carbocycles. The molecule has 1 N–H and O–H groups in total. The molecule has 4 fully saturated rings. The molecule has 0 unspecified atom stereocenters. The van der Waals surface area contributed by atoms with Gasteiger partial charge in [-0.25, -0.2) is 0 Å². The maximum absolute atomic E-state index is 14.0. The van der Waals surface area contributed by atoms with E-state index in [1.165, 1.54) is 19.3 Å². The van der Waals surface area contributed by atoms with Crippen molar-refractivity contribution in [2.45, 2.75) is 104 Å². The van der Waals surface area contributed by atoms with Gasteiger partial charge in [0, 0.05) is 25.1 Å². The average molecular weight is 466 g/mol. The van der Waals surface area contributed by atoms with E-state index in [2.05, 4.69) is 38.9 Å². The van der Waals surface area contributed by atoms with E-state index in [4.69, 9.17) is 5.26 Å². The van der Waals surface area contributed by atoms with Crippen molar-refractivity contribution in [1.29, 1.82) is 5.26 Å². The van der Waals surface area contributed by atoms with Crippen molar-refractivity contribution in [3.05, 3.63) is 18.0 Å². The molecule has 5 heteroatoms. The minimum absolute atomic E-state index is 0.0633. The van der Waals surface area contributed by atoms with E-state index in [1.807, 2.05) is 10.9 Å². The molecule has 1 aromatic heterocycles. The first-order chi connectivity index (χ1) is 16.1. The maximum atomic E-state index is 14.0. The average Bonchev–Trinajstić information content (AvgIpc) is 3.37. The monoisotopic (exact) mass is 465 g/mol. The highest BCUT2D eigenvalue weighted by atomic mass is 16.3. The van der Waals surface area contributed by atoms with Crippen molar-refractivity contribution >= 4 is 5.78 Å². The van der Waals surface area contributed by atoms with Gasteiger partial charge in [0.15, 0.2) is 0 Å². The molecule has 1 aromatic rings. The molecule has 4 aliphatic carbocycles. The highest BCUT2D eigenvalue weighted by Crippen LogP contribution is 2.68. The topological polar surface area (TPSA) is 78.9 Å². The Kier molecular flexibility index (Phi) is 5.99. The molecule has 4 aliphatic rings. The summed E-state index contributed by atoms with van der Waals surface area (Å²) in [5.41, 5.74) is 0.239. The number of nitriles is 1. The summed E-state index contributed by atoms with van der Waals surface area (Å²) in [7, 11) is 0. The number of rotatable bonds is 5. The van der Waals surface area contributed by atoms with E-state index in [0.717, 1.165) is 51.5 Å². The number of aromatic nitrogens is 2. The Bertz CT molecular complexity index is 980. The smallest absolute Gasteiger partial charge is 0.137 e. The number of aliphatic hydroxyl groups is 1. The summed E-state index contributed by atoms with van der Waals surface area (Å²) in [4.78, 5) is 14.0. The predicted molar refractivity (Wildman–Crippen MR) is 132 cm³/mol. The van der Waals surface area contributed by atoms with Gasteiger partial charge < -0.3 is 5.11 Å². The van der Waals surface area contributed by atoms with Crippen LogP contribution in [0.15, 0.2) is 12.4 Å². The lowest BCUT2D eigenvalue weighted by Crippen LogP contribution is -2.59. The Balaban J connectivity index is 1.35. The Morgan fingerprint density at radius 2 is 2.03 bits per heavy atom. The standard InChI is InChI=1S/C29H43N3O2/c1-5-10-29(34)12-11-27(3)21(13-29)6-7-22-24-9-8-23(28(24,4)14-25(33)26(22)27)19(2)17-32-18-20(15-30)16-31-32/h16,18-19,21-24,26,34H,5-14,17H2,1-4H3/t19-,21-,22+,23-,24+,26-,27+,28-,29-/m1/s1. The Labute approximate surface area is 205 Å². The Morgan fingerprint density at radius 3 is 2.74 bits per heavy atom. The van der Waals surface area contributed by atoms with Gasteiger partial charge in [0.1, 0.15) is 11.9 Å². The molecule has 0 radical (unpaired) electrons. The number of ketones is 1. The minimum Gasteiger partial charge on any atom is -0.390 e. The van der Waals surface area contributed by atoms with Gasteiger partial charge in [0.2, 0.25) is 0 Å². The molecule has 34 heavy (non-hydrogen) atoms. The van der Waals surface area contributed by atoms with Crippen LogP contribution in [0.3, 0.4) is 0 Å². The maximum Gasteiger partial charge on any atom is 0.137 e. The number of carbonyl (C=O) groups is 1. The van der Waals surface area contributed by atoms with Crippen LogP contribution in [0.2, 0.25) is 0 Å². The lowest BCUT2D eigenvalue weighted by Gasteiger charge is -2.61. The minimum atomic E-state index is -0.510. The normalized spacial score (nSPS) is 44.6. The molecule has 0 spiro atoms. The van der Waals surface area contributed by atoms with Crippen molar-refractivity contribution in [3.8, 4) is 6.07 Å². The summed E-state index contributed by atoms with van der Waals surface area (Å²) < 4.78 is 1.92. The van der Waals surface area contributed by atoms with Crippen molar-refractivity contribution < 1.29 is 9.90 Å². The molecule has 186 valence electrons. The van der Waals surface area contributed by atoms with Crippen molar-refractivity contribution in [2.24, 2.45) is 46.3 Å². The van der Waals surface area contributed by atoms with Crippen LogP contribution in [-0.2, 0) is 11.3 Å². The lowest BCUT2D eigenvalue weighted by atomic mass is 9.43. The summed E-state index contributed by atoms with van der Waals surface area (Å²) in [5.74, 6) is 3.27. The molecule has 0 aromatic carbocycles. The lowest BCUT2D eigenvalue weighted by molar-refractivity contribution is -0.171. The molecular weight excluding hydrogens is 422 g/mol. The summed E-state index contributed by atoms with van der Waals surface area (Å²) in [6, 6.07) is 2.17. The molecule has 9 atom stereocenters. The first kappa shape index (κ1) is 24.0. The van der Waals surface area contributed by atoms with E-state index in [0.29, 0.717) is 40.9 Å². The van der Waals surface area contributed by atoms with Gasteiger partial charge in [-0.05, 0) is 91.8 Å². The molecular formula is C29H43N3O2. The van der Waals surface area contributed by atoms with Crippen LogP contribution < -0.4 is 0 Å².